The van der Waals surface area contributed by atoms with E-state index in [9.17, 15) is 14.4 Å². The van der Waals surface area contributed by atoms with Gasteiger partial charge in [0.15, 0.2) is 6.10 Å². The van der Waals surface area contributed by atoms with E-state index in [1.54, 1.807) is 6.08 Å². The van der Waals surface area contributed by atoms with Gasteiger partial charge in [-0.2, -0.15) is 0 Å². The molecule has 0 aliphatic carbocycles. The van der Waals surface area contributed by atoms with Crippen LogP contribution in [0.1, 0.15) is 342 Å². The molecule has 0 spiro atoms. The highest BCUT2D eigenvalue weighted by molar-refractivity contribution is 5.72. The van der Waals surface area contributed by atoms with Crippen LogP contribution in [0.3, 0.4) is 0 Å². The van der Waals surface area contributed by atoms with E-state index in [2.05, 4.69) is 69.4 Å². The lowest BCUT2D eigenvalue weighted by Gasteiger charge is -2.18. The van der Waals surface area contributed by atoms with Gasteiger partial charge in [-0.15, -0.1) is 0 Å². The first kappa shape index (κ1) is 72.1. The summed E-state index contributed by atoms with van der Waals surface area (Å²) in [6.45, 7) is 6.50. The summed E-state index contributed by atoms with van der Waals surface area (Å²) in [5, 5.41) is 0. The quantitative estimate of drug-likeness (QED) is 0.0261. The van der Waals surface area contributed by atoms with Gasteiger partial charge in [0.2, 0.25) is 0 Å². The molecule has 0 amide bonds. The van der Waals surface area contributed by atoms with Crippen LogP contribution in [0, 0.1) is 0 Å². The Kier molecular flexibility index (Phi) is 61.2. The summed E-state index contributed by atoms with van der Waals surface area (Å²) in [6, 6.07) is 0. The van der Waals surface area contributed by atoms with Crippen LogP contribution >= 0.6 is 0 Å². The van der Waals surface area contributed by atoms with Crippen molar-refractivity contribution in [1.29, 1.82) is 0 Å². The molecule has 0 saturated heterocycles. The molecule has 0 fully saturated rings. The first-order valence-corrected chi connectivity index (χ1v) is 32.8. The van der Waals surface area contributed by atoms with E-state index in [1.807, 2.05) is 6.08 Å². The lowest BCUT2D eigenvalue weighted by atomic mass is 10.0. The minimum atomic E-state index is -0.826. The van der Waals surface area contributed by atoms with Crippen LogP contribution in [-0.4, -0.2) is 37.2 Å². The number of hydrogen-bond donors (Lipinski definition) is 0. The van der Waals surface area contributed by atoms with Crippen molar-refractivity contribution in [2.24, 2.45) is 0 Å². The Labute approximate surface area is 466 Å². The predicted octanol–water partition coefficient (Wildman–Crippen LogP) is 22.3. The SMILES string of the molecule is CC/C=C\C/C=C\C/C=C\C/C=C\C/C=C\CC(=O)OC(COC(=O)CCCCCCCCCCCCCCCCC)COC(=O)CCCCCCCCCCCCCCCCCCCCCCCCCCCCC. The molecular weight excluding hydrogens is 925 g/mol. The Morgan fingerprint density at radius 2 is 0.507 bits per heavy atom. The van der Waals surface area contributed by atoms with E-state index in [1.165, 1.54) is 231 Å². The normalized spacial score (nSPS) is 12.4. The third-order valence-corrected chi connectivity index (χ3v) is 14.6. The zero-order valence-electron chi connectivity index (χ0n) is 50.1. The van der Waals surface area contributed by atoms with Gasteiger partial charge in [-0.05, 0) is 44.9 Å². The number of carbonyl (C=O) groups is 3. The predicted molar refractivity (Wildman–Crippen MR) is 325 cm³/mol. The third-order valence-electron chi connectivity index (χ3n) is 14.6. The molecule has 1 atom stereocenters. The summed E-state index contributed by atoms with van der Waals surface area (Å²) in [7, 11) is 0. The Balaban J connectivity index is 4.27. The van der Waals surface area contributed by atoms with Crippen LogP contribution in [0.15, 0.2) is 60.8 Å². The summed E-state index contributed by atoms with van der Waals surface area (Å²) >= 11 is 0. The molecule has 0 radical (unpaired) electrons. The second-order valence-corrected chi connectivity index (χ2v) is 22.0. The summed E-state index contributed by atoms with van der Waals surface area (Å²) in [4.78, 5) is 38.2. The molecule has 0 aliphatic rings. The van der Waals surface area contributed by atoms with E-state index in [-0.39, 0.29) is 31.6 Å². The highest BCUT2D eigenvalue weighted by Gasteiger charge is 2.19. The number of carbonyl (C=O) groups excluding carboxylic acids is 3. The molecular formula is C69H124O6. The van der Waals surface area contributed by atoms with Crippen LogP contribution in [0.4, 0.5) is 0 Å². The number of unbranched alkanes of at least 4 members (excludes halogenated alkanes) is 40. The monoisotopic (exact) mass is 1050 g/mol. The number of hydrogen-bond acceptors (Lipinski definition) is 6. The number of ether oxygens (including phenoxy) is 3. The Morgan fingerprint density at radius 3 is 0.760 bits per heavy atom. The minimum absolute atomic E-state index is 0.102. The Bertz CT molecular complexity index is 1340. The standard InChI is InChI=1S/C69H124O6/c1-4-7-10-13-16-19-22-25-28-29-30-31-32-33-34-35-36-37-38-39-42-44-47-50-53-56-59-62-68(71)74-65-66(75-69(72)63-60-57-54-51-48-45-41-27-24-21-18-15-12-9-6-3)64-73-67(70)61-58-55-52-49-46-43-40-26-23-20-17-14-11-8-5-2/h9,12,18,21,27,41,48,51,57,60,66H,4-8,10-11,13-17,19-20,22-26,28-40,42-47,49-50,52-56,58-59,61-65H2,1-3H3/b12-9-,21-18-,41-27-,51-48-,60-57-. The van der Waals surface area contributed by atoms with E-state index < -0.39 is 12.1 Å². The molecule has 6 heteroatoms. The molecule has 0 saturated carbocycles. The Morgan fingerprint density at radius 1 is 0.280 bits per heavy atom. The van der Waals surface area contributed by atoms with Gasteiger partial charge in [0.25, 0.3) is 0 Å². The first-order valence-electron chi connectivity index (χ1n) is 32.8. The van der Waals surface area contributed by atoms with Crippen molar-refractivity contribution in [3.05, 3.63) is 60.8 Å². The first-order chi connectivity index (χ1) is 37.0. The summed E-state index contributed by atoms with van der Waals surface area (Å²) in [5.41, 5.74) is 0. The lowest BCUT2D eigenvalue weighted by molar-refractivity contribution is -0.166. The fourth-order valence-corrected chi connectivity index (χ4v) is 9.70. The fraction of sp³-hybridized carbons (Fsp3) is 0.812. The van der Waals surface area contributed by atoms with E-state index in [0.717, 1.165) is 70.6 Å². The zero-order chi connectivity index (χ0) is 54.3. The topological polar surface area (TPSA) is 78.9 Å². The molecule has 0 aliphatic heterocycles. The van der Waals surface area contributed by atoms with Gasteiger partial charge in [0, 0.05) is 12.8 Å². The second-order valence-electron chi connectivity index (χ2n) is 22.0. The third kappa shape index (κ3) is 61.8. The van der Waals surface area contributed by atoms with Crippen LogP contribution in [0.25, 0.3) is 0 Å². The highest BCUT2D eigenvalue weighted by Crippen LogP contribution is 2.18. The van der Waals surface area contributed by atoms with Crippen molar-refractivity contribution in [2.45, 2.75) is 348 Å². The van der Waals surface area contributed by atoms with Gasteiger partial charge in [0.1, 0.15) is 13.2 Å². The number of allylic oxidation sites excluding steroid dienone is 9. The molecule has 0 bridgehead atoms. The van der Waals surface area contributed by atoms with Gasteiger partial charge in [-0.1, -0.05) is 338 Å². The van der Waals surface area contributed by atoms with Gasteiger partial charge >= 0.3 is 17.9 Å². The van der Waals surface area contributed by atoms with Crippen molar-refractivity contribution in [3.63, 3.8) is 0 Å². The molecule has 0 N–H and O–H groups in total. The van der Waals surface area contributed by atoms with Crippen LogP contribution in [0.5, 0.6) is 0 Å². The Hall–Kier alpha value is -2.89. The van der Waals surface area contributed by atoms with Crippen LogP contribution in [-0.2, 0) is 28.6 Å². The lowest BCUT2D eigenvalue weighted by Crippen LogP contribution is -2.30. The second kappa shape index (κ2) is 63.6. The van der Waals surface area contributed by atoms with E-state index in [4.69, 9.17) is 14.2 Å². The summed E-state index contributed by atoms with van der Waals surface area (Å²) in [5.74, 6) is -1.02. The molecule has 1 unspecified atom stereocenters. The summed E-state index contributed by atoms with van der Waals surface area (Å²) in [6.07, 6.45) is 81.3. The molecule has 436 valence electrons. The van der Waals surface area contributed by atoms with Gasteiger partial charge < -0.3 is 14.2 Å². The molecule has 0 aromatic carbocycles. The molecule has 0 aromatic heterocycles. The van der Waals surface area contributed by atoms with E-state index >= 15 is 0 Å². The average Bonchev–Trinajstić information content (AvgIpc) is 3.41. The maximum Gasteiger partial charge on any atom is 0.310 e. The highest BCUT2D eigenvalue weighted by atomic mass is 16.6. The molecule has 0 heterocycles. The van der Waals surface area contributed by atoms with Gasteiger partial charge in [-0.25, -0.2) is 0 Å². The van der Waals surface area contributed by atoms with Crippen molar-refractivity contribution in [3.8, 4) is 0 Å². The van der Waals surface area contributed by atoms with Crippen molar-refractivity contribution < 1.29 is 28.6 Å². The maximum atomic E-state index is 12.8. The maximum absolute atomic E-state index is 12.8. The number of rotatable bonds is 60. The van der Waals surface area contributed by atoms with Crippen LogP contribution in [0.2, 0.25) is 0 Å². The largest absolute Gasteiger partial charge is 0.462 e. The minimum Gasteiger partial charge on any atom is -0.462 e. The van der Waals surface area contributed by atoms with Gasteiger partial charge in [0.05, 0.1) is 6.42 Å². The number of esters is 3. The van der Waals surface area contributed by atoms with Crippen LogP contribution < -0.4 is 0 Å². The summed E-state index contributed by atoms with van der Waals surface area (Å²) < 4.78 is 16.8. The van der Waals surface area contributed by atoms with Crippen molar-refractivity contribution in [2.75, 3.05) is 13.2 Å². The smallest absolute Gasteiger partial charge is 0.310 e. The van der Waals surface area contributed by atoms with Crippen molar-refractivity contribution >= 4 is 17.9 Å². The molecule has 6 nitrogen and oxygen atoms in total. The average molecular weight is 1050 g/mol. The van der Waals surface area contributed by atoms with Gasteiger partial charge in [-0.3, -0.25) is 14.4 Å². The zero-order valence-corrected chi connectivity index (χ0v) is 50.1. The van der Waals surface area contributed by atoms with Crippen molar-refractivity contribution in [1.82, 2.24) is 0 Å². The molecule has 75 heavy (non-hydrogen) atoms. The fourth-order valence-electron chi connectivity index (χ4n) is 9.70. The van der Waals surface area contributed by atoms with E-state index in [0.29, 0.717) is 12.8 Å². The molecule has 0 aromatic rings. The molecule has 0 rings (SSSR count).